The summed E-state index contributed by atoms with van der Waals surface area (Å²) in [4.78, 5) is 8.93. The molecule has 0 aliphatic carbocycles. The number of unbranched alkanes of at least 4 members (excludes halogenated alkanes) is 6. The molecule has 4 heteroatoms. The third kappa shape index (κ3) is 9.53. The molecule has 0 N–H and O–H groups in total. The van der Waals surface area contributed by atoms with Crippen LogP contribution in [0.3, 0.4) is 0 Å². The molecule has 0 aliphatic rings. The lowest BCUT2D eigenvalue weighted by atomic mass is 10.1. The van der Waals surface area contributed by atoms with E-state index in [9.17, 15) is 0 Å². The summed E-state index contributed by atoms with van der Waals surface area (Å²) >= 11 is 0. The van der Waals surface area contributed by atoms with Crippen molar-refractivity contribution in [3.05, 3.63) is 48.3 Å². The van der Waals surface area contributed by atoms with Gasteiger partial charge in [-0.15, -0.1) is 0 Å². The number of nitrogens with zero attached hydrogens (tertiary/aromatic N) is 2. The van der Waals surface area contributed by atoms with Gasteiger partial charge in [-0.3, -0.25) is 0 Å². The molecular formula is C26H38N2O2. The molecule has 1 aromatic heterocycles. The molecule has 1 aromatic carbocycles. The second-order valence-electron chi connectivity index (χ2n) is 7.74. The number of hydrogen-bond acceptors (Lipinski definition) is 4. The van der Waals surface area contributed by atoms with Crippen molar-refractivity contribution in [2.45, 2.75) is 78.2 Å². The molecule has 0 bridgehead atoms. The third-order valence-corrected chi connectivity index (χ3v) is 5.04. The minimum Gasteiger partial charge on any atom is -0.490 e. The SMILES string of the molecule is CCCCCCCCCOc1cnc(-c2ccc(/C=C/CC(C)OCC)cc2)nc1. The number of rotatable bonds is 15. The summed E-state index contributed by atoms with van der Waals surface area (Å²) in [6.45, 7) is 7.86. The highest BCUT2D eigenvalue weighted by atomic mass is 16.5. The fraction of sp³-hybridized carbons (Fsp3) is 0.538. The first-order valence-corrected chi connectivity index (χ1v) is 11.6. The zero-order valence-corrected chi connectivity index (χ0v) is 19.0. The molecular weight excluding hydrogens is 372 g/mol. The van der Waals surface area contributed by atoms with Crippen molar-refractivity contribution in [3.8, 4) is 17.1 Å². The predicted octanol–water partition coefficient (Wildman–Crippen LogP) is 7.10. The Balaban J connectivity index is 1.73. The standard InChI is InChI=1S/C26H38N2O2/c1-4-6-7-8-9-10-11-19-30-25-20-27-26(28-21-25)24-17-15-23(16-18-24)14-12-13-22(3)29-5-2/h12,14-18,20-22H,4-11,13,19H2,1-3H3/b14-12+. The van der Waals surface area contributed by atoms with Crippen molar-refractivity contribution in [1.29, 1.82) is 0 Å². The van der Waals surface area contributed by atoms with Gasteiger partial charge in [0.25, 0.3) is 0 Å². The number of aromatic nitrogens is 2. The van der Waals surface area contributed by atoms with E-state index in [0.717, 1.165) is 48.8 Å². The molecule has 2 rings (SSSR count). The highest BCUT2D eigenvalue weighted by molar-refractivity contribution is 5.59. The molecule has 1 heterocycles. The highest BCUT2D eigenvalue weighted by Crippen LogP contribution is 2.18. The van der Waals surface area contributed by atoms with Crippen LogP contribution in [0.15, 0.2) is 42.7 Å². The van der Waals surface area contributed by atoms with Gasteiger partial charge in [0.15, 0.2) is 11.6 Å². The van der Waals surface area contributed by atoms with Gasteiger partial charge in [-0.1, -0.05) is 81.9 Å². The molecule has 0 aliphatic heterocycles. The van der Waals surface area contributed by atoms with Gasteiger partial charge >= 0.3 is 0 Å². The van der Waals surface area contributed by atoms with Crippen molar-refractivity contribution in [3.63, 3.8) is 0 Å². The minimum atomic E-state index is 0.255. The summed E-state index contributed by atoms with van der Waals surface area (Å²) in [5.74, 6) is 1.46. The summed E-state index contributed by atoms with van der Waals surface area (Å²) in [5.41, 5.74) is 2.17. The van der Waals surface area contributed by atoms with Crippen LogP contribution in [0.1, 0.15) is 77.7 Å². The Morgan fingerprint density at radius 1 is 0.900 bits per heavy atom. The second kappa shape index (κ2) is 14.7. The maximum absolute atomic E-state index is 5.78. The highest BCUT2D eigenvalue weighted by Gasteiger charge is 2.03. The first-order valence-electron chi connectivity index (χ1n) is 11.6. The Labute approximate surface area is 182 Å². The van der Waals surface area contributed by atoms with E-state index in [1.54, 1.807) is 12.4 Å². The van der Waals surface area contributed by atoms with Crippen LogP contribution in [-0.2, 0) is 4.74 Å². The molecule has 1 unspecified atom stereocenters. The molecule has 2 aromatic rings. The van der Waals surface area contributed by atoms with Gasteiger partial charge < -0.3 is 9.47 Å². The summed E-state index contributed by atoms with van der Waals surface area (Å²) in [5, 5.41) is 0. The monoisotopic (exact) mass is 410 g/mol. The van der Waals surface area contributed by atoms with Crippen LogP contribution in [0.2, 0.25) is 0 Å². The van der Waals surface area contributed by atoms with Gasteiger partial charge in [0.2, 0.25) is 0 Å². The number of hydrogen-bond donors (Lipinski definition) is 0. The van der Waals surface area contributed by atoms with E-state index in [1.165, 1.54) is 38.5 Å². The molecule has 0 saturated carbocycles. The van der Waals surface area contributed by atoms with Gasteiger partial charge in [0, 0.05) is 12.2 Å². The molecule has 164 valence electrons. The largest absolute Gasteiger partial charge is 0.490 e. The lowest BCUT2D eigenvalue weighted by molar-refractivity contribution is 0.0788. The minimum absolute atomic E-state index is 0.255. The zero-order chi connectivity index (χ0) is 21.4. The van der Waals surface area contributed by atoms with Crippen molar-refractivity contribution in [1.82, 2.24) is 9.97 Å². The van der Waals surface area contributed by atoms with Crippen molar-refractivity contribution < 1.29 is 9.47 Å². The maximum atomic E-state index is 5.78. The Bertz CT molecular complexity index is 711. The molecule has 0 amide bonds. The Morgan fingerprint density at radius 3 is 2.23 bits per heavy atom. The van der Waals surface area contributed by atoms with E-state index in [-0.39, 0.29) is 6.10 Å². The van der Waals surface area contributed by atoms with E-state index >= 15 is 0 Å². The second-order valence-corrected chi connectivity index (χ2v) is 7.74. The van der Waals surface area contributed by atoms with Gasteiger partial charge in [-0.2, -0.15) is 0 Å². The molecule has 1 atom stereocenters. The topological polar surface area (TPSA) is 44.2 Å². The predicted molar refractivity (Wildman–Crippen MR) is 126 cm³/mol. The Morgan fingerprint density at radius 2 is 1.57 bits per heavy atom. The average Bonchev–Trinajstić information content (AvgIpc) is 2.77. The average molecular weight is 411 g/mol. The molecule has 0 spiro atoms. The maximum Gasteiger partial charge on any atom is 0.159 e. The van der Waals surface area contributed by atoms with Crippen LogP contribution in [0.4, 0.5) is 0 Å². The Kier molecular flexibility index (Phi) is 11.8. The van der Waals surface area contributed by atoms with Crippen LogP contribution in [0.25, 0.3) is 17.5 Å². The summed E-state index contributed by atoms with van der Waals surface area (Å²) in [7, 11) is 0. The molecule has 0 saturated heterocycles. The number of benzene rings is 1. The van der Waals surface area contributed by atoms with Crippen molar-refractivity contribution >= 4 is 6.08 Å². The first kappa shape index (κ1) is 24.1. The Hall–Kier alpha value is -2.20. The van der Waals surface area contributed by atoms with E-state index < -0.39 is 0 Å². The van der Waals surface area contributed by atoms with Crippen molar-refractivity contribution in [2.24, 2.45) is 0 Å². The van der Waals surface area contributed by atoms with Crippen molar-refractivity contribution in [2.75, 3.05) is 13.2 Å². The van der Waals surface area contributed by atoms with Crippen LogP contribution in [0, 0.1) is 0 Å². The lowest BCUT2D eigenvalue weighted by Crippen LogP contribution is -2.05. The zero-order valence-electron chi connectivity index (χ0n) is 19.0. The molecule has 0 radical (unpaired) electrons. The van der Waals surface area contributed by atoms with E-state index in [2.05, 4.69) is 60.2 Å². The summed E-state index contributed by atoms with van der Waals surface area (Å²) < 4.78 is 11.3. The third-order valence-electron chi connectivity index (χ3n) is 5.04. The first-order chi connectivity index (χ1) is 14.7. The van der Waals surface area contributed by atoms with Gasteiger partial charge in [0.05, 0.1) is 25.1 Å². The van der Waals surface area contributed by atoms with Gasteiger partial charge in [-0.05, 0) is 32.3 Å². The fourth-order valence-electron chi connectivity index (χ4n) is 3.28. The fourth-order valence-corrected chi connectivity index (χ4v) is 3.28. The summed E-state index contributed by atoms with van der Waals surface area (Å²) in [6, 6.07) is 8.29. The van der Waals surface area contributed by atoms with Gasteiger partial charge in [-0.25, -0.2) is 9.97 Å². The van der Waals surface area contributed by atoms with Crippen LogP contribution in [0.5, 0.6) is 5.75 Å². The molecule has 30 heavy (non-hydrogen) atoms. The van der Waals surface area contributed by atoms with Crippen LogP contribution >= 0.6 is 0 Å². The smallest absolute Gasteiger partial charge is 0.159 e. The van der Waals surface area contributed by atoms with Crippen LogP contribution < -0.4 is 4.74 Å². The van der Waals surface area contributed by atoms with E-state index in [4.69, 9.17) is 9.47 Å². The molecule has 4 nitrogen and oxygen atoms in total. The van der Waals surface area contributed by atoms with E-state index in [1.807, 2.05) is 6.92 Å². The normalized spacial score (nSPS) is 12.4. The van der Waals surface area contributed by atoms with Gasteiger partial charge in [0.1, 0.15) is 0 Å². The quantitative estimate of drug-likeness (QED) is 0.294. The molecule has 0 fully saturated rings. The lowest BCUT2D eigenvalue weighted by Gasteiger charge is -2.07. The van der Waals surface area contributed by atoms with Crippen LogP contribution in [-0.4, -0.2) is 29.3 Å². The number of ether oxygens (including phenoxy) is 2. The van der Waals surface area contributed by atoms with E-state index in [0.29, 0.717) is 0 Å². The summed E-state index contributed by atoms with van der Waals surface area (Å²) in [6.07, 6.45) is 18.0.